The molecule has 0 spiro atoms. The van der Waals surface area contributed by atoms with E-state index in [9.17, 15) is 4.79 Å². The van der Waals surface area contributed by atoms with Crippen LogP contribution in [-0.2, 0) is 4.79 Å². The van der Waals surface area contributed by atoms with Crippen LogP contribution in [0.3, 0.4) is 0 Å². The van der Waals surface area contributed by atoms with Crippen molar-refractivity contribution in [1.29, 1.82) is 0 Å². The van der Waals surface area contributed by atoms with Gasteiger partial charge in [0.2, 0.25) is 11.9 Å². The van der Waals surface area contributed by atoms with Gasteiger partial charge in [0.1, 0.15) is 0 Å². The number of carbonyl (C=O) groups is 1. The lowest BCUT2D eigenvalue weighted by atomic mass is 9.88. The molecule has 0 unspecified atom stereocenters. The van der Waals surface area contributed by atoms with Gasteiger partial charge in [-0.2, -0.15) is 0 Å². The van der Waals surface area contributed by atoms with E-state index in [0.717, 1.165) is 66.9 Å². The molecule has 1 saturated heterocycles. The predicted molar refractivity (Wildman–Crippen MR) is 125 cm³/mol. The second-order valence-corrected chi connectivity index (χ2v) is 8.86. The summed E-state index contributed by atoms with van der Waals surface area (Å²) in [5.41, 5.74) is 3.06. The van der Waals surface area contributed by atoms with Gasteiger partial charge in [-0.15, -0.1) is 0 Å². The number of rotatable bonds is 4. The first kappa shape index (κ1) is 20.0. The molecule has 5 rings (SSSR count). The number of nitrogens with zero attached hydrogens (tertiary/aromatic N) is 3. The molecule has 2 aromatic carbocycles. The van der Waals surface area contributed by atoms with E-state index in [-0.39, 0.29) is 17.9 Å². The molecular formula is C26H30N4O. The Morgan fingerprint density at radius 2 is 1.55 bits per heavy atom. The van der Waals surface area contributed by atoms with Crippen LogP contribution in [-0.4, -0.2) is 35.0 Å². The molecule has 1 amide bonds. The highest BCUT2D eigenvalue weighted by Crippen LogP contribution is 2.29. The fourth-order valence-corrected chi connectivity index (χ4v) is 4.93. The van der Waals surface area contributed by atoms with Crippen molar-refractivity contribution >= 4 is 22.8 Å². The van der Waals surface area contributed by atoms with E-state index in [4.69, 9.17) is 9.97 Å². The number of benzene rings is 2. The molecular weight excluding hydrogens is 384 g/mol. The van der Waals surface area contributed by atoms with Gasteiger partial charge in [0.25, 0.3) is 0 Å². The first-order valence-corrected chi connectivity index (χ1v) is 11.7. The largest absolute Gasteiger partial charge is 0.353 e. The number of carbonyl (C=O) groups excluding carboxylic acids is 1. The molecule has 1 aliphatic carbocycles. The first-order valence-electron chi connectivity index (χ1n) is 11.7. The molecule has 2 aliphatic rings. The average Bonchev–Trinajstić information content (AvgIpc) is 2.85. The highest BCUT2D eigenvalue weighted by atomic mass is 16.1. The zero-order valence-electron chi connectivity index (χ0n) is 18.0. The summed E-state index contributed by atoms with van der Waals surface area (Å²) in [6.07, 6.45) is 7.65. The Balaban J connectivity index is 1.31. The van der Waals surface area contributed by atoms with Gasteiger partial charge in [0, 0.05) is 36.0 Å². The highest BCUT2D eigenvalue weighted by molar-refractivity contribution is 5.93. The average molecular weight is 415 g/mol. The van der Waals surface area contributed by atoms with E-state index >= 15 is 0 Å². The summed E-state index contributed by atoms with van der Waals surface area (Å²) in [5, 5.41) is 4.40. The van der Waals surface area contributed by atoms with Crippen molar-refractivity contribution in [2.24, 2.45) is 5.92 Å². The van der Waals surface area contributed by atoms with Gasteiger partial charge in [0.15, 0.2) is 0 Å². The highest BCUT2D eigenvalue weighted by Gasteiger charge is 2.27. The zero-order chi connectivity index (χ0) is 21.0. The van der Waals surface area contributed by atoms with E-state index in [1.54, 1.807) is 0 Å². The Morgan fingerprint density at radius 1 is 0.839 bits per heavy atom. The number of fused-ring (bicyclic) bond motifs is 1. The molecule has 2 heterocycles. The molecule has 0 atom stereocenters. The number of nitrogens with one attached hydrogen (secondary N) is 1. The second-order valence-electron chi connectivity index (χ2n) is 8.86. The third kappa shape index (κ3) is 4.41. The van der Waals surface area contributed by atoms with Crippen molar-refractivity contribution in [1.82, 2.24) is 15.3 Å². The van der Waals surface area contributed by atoms with Crippen LogP contribution in [0, 0.1) is 5.92 Å². The van der Waals surface area contributed by atoms with Gasteiger partial charge in [-0.05, 0) is 31.7 Å². The summed E-state index contributed by atoms with van der Waals surface area (Å²) < 4.78 is 0. The van der Waals surface area contributed by atoms with Gasteiger partial charge in [0.05, 0.1) is 11.2 Å². The molecule has 2 fully saturated rings. The Hall–Kier alpha value is -2.95. The van der Waals surface area contributed by atoms with Crippen molar-refractivity contribution < 1.29 is 4.79 Å². The van der Waals surface area contributed by atoms with Crippen molar-refractivity contribution in [3.05, 3.63) is 54.6 Å². The van der Waals surface area contributed by atoms with Gasteiger partial charge in [-0.1, -0.05) is 67.8 Å². The minimum atomic E-state index is 0.226. The summed E-state index contributed by atoms with van der Waals surface area (Å²) in [6, 6.07) is 18.8. The Kier molecular flexibility index (Phi) is 5.83. The van der Waals surface area contributed by atoms with Crippen LogP contribution >= 0.6 is 0 Å². The number of hydrogen-bond acceptors (Lipinski definition) is 4. The Labute approximate surface area is 183 Å². The topological polar surface area (TPSA) is 58.1 Å². The number of aromatic nitrogens is 2. The molecule has 5 nitrogen and oxygen atoms in total. The number of para-hydroxylation sites is 1. The lowest BCUT2D eigenvalue weighted by Crippen LogP contribution is -2.47. The lowest BCUT2D eigenvalue weighted by molar-refractivity contribution is -0.126. The van der Waals surface area contributed by atoms with Crippen LogP contribution in [0.4, 0.5) is 5.95 Å². The third-order valence-corrected chi connectivity index (χ3v) is 6.74. The van der Waals surface area contributed by atoms with Crippen LogP contribution in [0.1, 0.15) is 44.9 Å². The second kappa shape index (κ2) is 9.04. The quantitative estimate of drug-likeness (QED) is 0.655. The fraction of sp³-hybridized carbons (Fsp3) is 0.423. The monoisotopic (exact) mass is 414 g/mol. The van der Waals surface area contributed by atoms with Crippen LogP contribution in [0.5, 0.6) is 0 Å². The van der Waals surface area contributed by atoms with Crippen LogP contribution in [0.2, 0.25) is 0 Å². The Morgan fingerprint density at radius 3 is 2.32 bits per heavy atom. The smallest absolute Gasteiger partial charge is 0.226 e. The molecule has 5 heteroatoms. The van der Waals surface area contributed by atoms with Crippen molar-refractivity contribution in [2.75, 3.05) is 18.0 Å². The van der Waals surface area contributed by atoms with Crippen LogP contribution < -0.4 is 10.2 Å². The molecule has 0 bridgehead atoms. The number of piperidine rings is 1. The maximum atomic E-state index is 12.6. The van der Waals surface area contributed by atoms with E-state index in [2.05, 4.69) is 34.5 Å². The van der Waals surface area contributed by atoms with Crippen LogP contribution in [0.15, 0.2) is 54.6 Å². The minimum Gasteiger partial charge on any atom is -0.353 e. The van der Waals surface area contributed by atoms with Crippen LogP contribution in [0.25, 0.3) is 22.2 Å². The summed E-state index contributed by atoms with van der Waals surface area (Å²) >= 11 is 0. The molecule has 0 radical (unpaired) electrons. The fourth-order valence-electron chi connectivity index (χ4n) is 4.93. The molecule has 1 aliphatic heterocycles. The van der Waals surface area contributed by atoms with Crippen molar-refractivity contribution in [2.45, 2.75) is 51.0 Å². The van der Waals surface area contributed by atoms with E-state index in [1.807, 2.05) is 30.3 Å². The molecule has 3 aromatic rings. The number of amides is 1. The van der Waals surface area contributed by atoms with Gasteiger partial charge >= 0.3 is 0 Å². The van der Waals surface area contributed by atoms with E-state index in [0.29, 0.717) is 0 Å². The lowest BCUT2D eigenvalue weighted by Gasteiger charge is -2.33. The maximum absolute atomic E-state index is 12.6. The van der Waals surface area contributed by atoms with Gasteiger partial charge in [-0.3, -0.25) is 4.79 Å². The normalized spacial score (nSPS) is 18.3. The SMILES string of the molecule is O=C(NC1CCN(c2nc(-c3ccccc3)c3ccccc3n2)CC1)C1CCCCC1. The van der Waals surface area contributed by atoms with E-state index in [1.165, 1.54) is 19.3 Å². The third-order valence-electron chi connectivity index (χ3n) is 6.74. The van der Waals surface area contributed by atoms with E-state index < -0.39 is 0 Å². The van der Waals surface area contributed by atoms with Crippen molar-refractivity contribution in [3.8, 4) is 11.3 Å². The number of anilines is 1. The molecule has 1 aromatic heterocycles. The molecule has 31 heavy (non-hydrogen) atoms. The summed E-state index contributed by atoms with van der Waals surface area (Å²) in [6.45, 7) is 1.73. The Bertz CT molecular complexity index is 1040. The zero-order valence-corrected chi connectivity index (χ0v) is 18.0. The standard InChI is InChI=1S/C26H30N4O/c31-25(20-11-5-2-6-12-20)27-21-15-17-30(18-16-21)26-28-23-14-8-7-13-22(23)24(29-26)19-9-3-1-4-10-19/h1,3-4,7-10,13-14,20-21H,2,5-6,11-12,15-18H2,(H,27,31). The van der Waals surface area contributed by atoms with Gasteiger partial charge in [-0.25, -0.2) is 9.97 Å². The number of hydrogen-bond donors (Lipinski definition) is 1. The molecule has 1 saturated carbocycles. The van der Waals surface area contributed by atoms with Crippen molar-refractivity contribution in [3.63, 3.8) is 0 Å². The molecule has 1 N–H and O–H groups in total. The predicted octanol–water partition coefficient (Wildman–Crippen LogP) is 4.96. The summed E-state index contributed by atoms with van der Waals surface area (Å²) in [4.78, 5) is 24.7. The summed E-state index contributed by atoms with van der Waals surface area (Å²) in [5.74, 6) is 1.28. The maximum Gasteiger partial charge on any atom is 0.226 e. The first-order chi connectivity index (χ1) is 15.3. The minimum absolute atomic E-state index is 0.226. The molecule has 160 valence electrons. The summed E-state index contributed by atoms with van der Waals surface area (Å²) in [7, 11) is 0. The van der Waals surface area contributed by atoms with Gasteiger partial charge < -0.3 is 10.2 Å².